The van der Waals surface area contributed by atoms with Gasteiger partial charge >= 0.3 is 0 Å². The minimum absolute atomic E-state index is 0.233. The van der Waals surface area contributed by atoms with E-state index in [1.165, 1.54) is 6.07 Å². The van der Waals surface area contributed by atoms with E-state index in [0.717, 1.165) is 4.47 Å². The van der Waals surface area contributed by atoms with Crippen LogP contribution in [0.15, 0.2) is 35.1 Å². The summed E-state index contributed by atoms with van der Waals surface area (Å²) >= 11 is 3.28. The second kappa shape index (κ2) is 4.98. The summed E-state index contributed by atoms with van der Waals surface area (Å²) in [5.41, 5.74) is 1.17. The lowest BCUT2D eigenvalue weighted by atomic mass is 10.0. The van der Waals surface area contributed by atoms with Gasteiger partial charge in [0.1, 0.15) is 5.82 Å². The molecule has 0 saturated carbocycles. The Balaban J connectivity index is 2.18. The van der Waals surface area contributed by atoms with Crippen LogP contribution in [-0.4, -0.2) is 14.9 Å². The van der Waals surface area contributed by atoms with E-state index < -0.39 is 6.10 Å². The molecule has 1 aromatic heterocycles. The van der Waals surface area contributed by atoms with E-state index >= 15 is 0 Å². The Hall–Kier alpha value is -1.20. The van der Waals surface area contributed by atoms with Crippen LogP contribution < -0.4 is 0 Å². The smallest absolute Gasteiger partial charge is 0.126 e. The zero-order valence-corrected chi connectivity index (χ0v) is 10.9. The van der Waals surface area contributed by atoms with Crippen molar-refractivity contribution in [1.82, 2.24) is 9.78 Å². The standard InChI is InChI=1S/C12H12BrFN2O/c1-16-7-9(6-15-16)12(17)5-8-4-10(13)2-3-11(8)14/h2-4,6-7,12,17H,5H2,1H3. The maximum absolute atomic E-state index is 13.5. The van der Waals surface area contributed by atoms with Crippen LogP contribution in [0.4, 0.5) is 4.39 Å². The van der Waals surface area contributed by atoms with E-state index in [4.69, 9.17) is 0 Å². The molecule has 1 heterocycles. The predicted molar refractivity (Wildman–Crippen MR) is 66.0 cm³/mol. The highest BCUT2D eigenvalue weighted by molar-refractivity contribution is 9.10. The molecule has 1 atom stereocenters. The van der Waals surface area contributed by atoms with Crippen molar-refractivity contribution in [1.29, 1.82) is 0 Å². The molecule has 0 aliphatic heterocycles. The van der Waals surface area contributed by atoms with E-state index in [2.05, 4.69) is 21.0 Å². The first kappa shape index (κ1) is 12.3. The van der Waals surface area contributed by atoms with E-state index in [-0.39, 0.29) is 12.2 Å². The van der Waals surface area contributed by atoms with Crippen molar-refractivity contribution >= 4 is 15.9 Å². The summed E-state index contributed by atoms with van der Waals surface area (Å²) in [5.74, 6) is -0.309. The molecule has 17 heavy (non-hydrogen) atoms. The topological polar surface area (TPSA) is 38.0 Å². The summed E-state index contributed by atoms with van der Waals surface area (Å²) in [6, 6.07) is 4.69. The van der Waals surface area contributed by atoms with Crippen molar-refractivity contribution in [3.8, 4) is 0 Å². The Bertz CT molecular complexity index is 527. The predicted octanol–water partition coefficient (Wildman–Crippen LogP) is 2.60. The lowest BCUT2D eigenvalue weighted by Crippen LogP contribution is -2.02. The fourth-order valence-electron chi connectivity index (χ4n) is 1.64. The minimum Gasteiger partial charge on any atom is -0.388 e. The van der Waals surface area contributed by atoms with Crippen LogP contribution in [0.2, 0.25) is 0 Å². The highest BCUT2D eigenvalue weighted by Crippen LogP contribution is 2.22. The Morgan fingerprint density at radius 1 is 1.53 bits per heavy atom. The SMILES string of the molecule is Cn1cc(C(O)Cc2cc(Br)ccc2F)cn1. The van der Waals surface area contributed by atoms with Crippen LogP contribution in [0.3, 0.4) is 0 Å². The molecule has 2 aromatic rings. The van der Waals surface area contributed by atoms with Gasteiger partial charge in [0.15, 0.2) is 0 Å². The third-order valence-electron chi connectivity index (χ3n) is 2.53. The largest absolute Gasteiger partial charge is 0.388 e. The van der Waals surface area contributed by atoms with Gasteiger partial charge in [-0.1, -0.05) is 15.9 Å². The average Bonchev–Trinajstić information content (AvgIpc) is 2.70. The van der Waals surface area contributed by atoms with Crippen molar-refractivity contribution in [3.05, 3.63) is 52.0 Å². The van der Waals surface area contributed by atoms with Gasteiger partial charge in [-0.25, -0.2) is 4.39 Å². The molecule has 3 nitrogen and oxygen atoms in total. The number of hydrogen-bond acceptors (Lipinski definition) is 2. The van der Waals surface area contributed by atoms with Crippen molar-refractivity contribution in [3.63, 3.8) is 0 Å². The number of aromatic nitrogens is 2. The first-order valence-electron chi connectivity index (χ1n) is 5.17. The Kier molecular flexibility index (Phi) is 3.59. The number of benzene rings is 1. The summed E-state index contributed by atoms with van der Waals surface area (Å²) in [6.45, 7) is 0. The lowest BCUT2D eigenvalue weighted by molar-refractivity contribution is 0.177. The number of nitrogens with zero attached hydrogens (tertiary/aromatic N) is 2. The fourth-order valence-corrected chi connectivity index (χ4v) is 2.05. The number of rotatable bonds is 3. The Morgan fingerprint density at radius 2 is 2.29 bits per heavy atom. The molecule has 1 unspecified atom stereocenters. The summed E-state index contributed by atoms with van der Waals surface area (Å²) in [7, 11) is 1.77. The van der Waals surface area contributed by atoms with Crippen LogP contribution in [-0.2, 0) is 13.5 Å². The second-order valence-electron chi connectivity index (χ2n) is 3.90. The van der Waals surface area contributed by atoms with Gasteiger partial charge in [-0.2, -0.15) is 5.10 Å². The highest BCUT2D eigenvalue weighted by atomic mass is 79.9. The number of halogens is 2. The molecule has 0 aliphatic carbocycles. The van der Waals surface area contributed by atoms with E-state index in [0.29, 0.717) is 11.1 Å². The monoisotopic (exact) mass is 298 g/mol. The van der Waals surface area contributed by atoms with Gasteiger partial charge in [0.2, 0.25) is 0 Å². The van der Waals surface area contributed by atoms with E-state index in [1.54, 1.807) is 36.3 Å². The lowest BCUT2D eigenvalue weighted by Gasteiger charge is -2.09. The minimum atomic E-state index is -0.743. The molecule has 90 valence electrons. The van der Waals surface area contributed by atoms with Crippen LogP contribution >= 0.6 is 15.9 Å². The number of aliphatic hydroxyl groups excluding tert-OH is 1. The van der Waals surface area contributed by atoms with Crippen LogP contribution in [0.5, 0.6) is 0 Å². The first-order valence-corrected chi connectivity index (χ1v) is 5.96. The fraction of sp³-hybridized carbons (Fsp3) is 0.250. The maximum atomic E-state index is 13.5. The van der Waals surface area contributed by atoms with E-state index in [1.807, 2.05) is 0 Å². The van der Waals surface area contributed by atoms with Crippen molar-refractivity contribution < 1.29 is 9.50 Å². The van der Waals surface area contributed by atoms with Gasteiger partial charge < -0.3 is 5.11 Å². The maximum Gasteiger partial charge on any atom is 0.126 e. The zero-order chi connectivity index (χ0) is 12.4. The molecule has 2 rings (SSSR count). The van der Waals surface area contributed by atoms with Crippen LogP contribution in [0.1, 0.15) is 17.2 Å². The van der Waals surface area contributed by atoms with Gasteiger partial charge in [0.05, 0.1) is 12.3 Å². The quantitative estimate of drug-likeness (QED) is 0.946. The molecule has 0 bridgehead atoms. The summed E-state index contributed by atoms with van der Waals surface area (Å²) in [6.07, 6.45) is 2.80. The number of aryl methyl sites for hydroxylation is 1. The molecule has 1 N–H and O–H groups in total. The van der Waals surface area contributed by atoms with Gasteiger partial charge in [0.25, 0.3) is 0 Å². The van der Waals surface area contributed by atoms with Crippen molar-refractivity contribution in [2.75, 3.05) is 0 Å². The van der Waals surface area contributed by atoms with Crippen LogP contribution in [0, 0.1) is 5.82 Å². The van der Waals surface area contributed by atoms with Gasteiger partial charge in [-0.15, -0.1) is 0 Å². The summed E-state index contributed by atoms with van der Waals surface area (Å²) in [4.78, 5) is 0. The Morgan fingerprint density at radius 3 is 2.94 bits per heavy atom. The van der Waals surface area contributed by atoms with Gasteiger partial charge in [-0.3, -0.25) is 4.68 Å². The van der Waals surface area contributed by atoms with Crippen LogP contribution in [0.25, 0.3) is 0 Å². The number of aliphatic hydroxyl groups is 1. The Labute approximate surface area is 107 Å². The molecule has 0 radical (unpaired) electrons. The first-order chi connectivity index (χ1) is 8.06. The third kappa shape index (κ3) is 2.92. The normalized spacial score (nSPS) is 12.7. The molecular formula is C12H12BrFN2O. The summed E-state index contributed by atoms with van der Waals surface area (Å²) < 4.78 is 15.9. The molecule has 0 aliphatic rings. The highest BCUT2D eigenvalue weighted by Gasteiger charge is 2.13. The molecule has 5 heteroatoms. The third-order valence-corrected chi connectivity index (χ3v) is 3.02. The molecule has 0 spiro atoms. The molecule has 1 aromatic carbocycles. The number of hydrogen-bond donors (Lipinski definition) is 1. The molecule has 0 amide bonds. The molecular weight excluding hydrogens is 287 g/mol. The second-order valence-corrected chi connectivity index (χ2v) is 4.82. The van der Waals surface area contributed by atoms with Crippen molar-refractivity contribution in [2.45, 2.75) is 12.5 Å². The zero-order valence-electron chi connectivity index (χ0n) is 9.27. The van der Waals surface area contributed by atoms with Gasteiger partial charge in [0, 0.05) is 29.7 Å². The molecule has 0 fully saturated rings. The van der Waals surface area contributed by atoms with Gasteiger partial charge in [-0.05, 0) is 23.8 Å². The average molecular weight is 299 g/mol. The summed E-state index contributed by atoms with van der Waals surface area (Å²) in [5, 5.41) is 13.9. The molecule has 0 saturated heterocycles. The van der Waals surface area contributed by atoms with Crippen molar-refractivity contribution in [2.24, 2.45) is 7.05 Å². The van der Waals surface area contributed by atoms with E-state index in [9.17, 15) is 9.50 Å².